The van der Waals surface area contributed by atoms with Crippen LogP contribution in [-0.4, -0.2) is 41.3 Å². The van der Waals surface area contributed by atoms with Crippen molar-refractivity contribution < 1.29 is 19.0 Å². The fourth-order valence-corrected chi connectivity index (χ4v) is 2.27. The van der Waals surface area contributed by atoms with Gasteiger partial charge in [-0.1, -0.05) is 0 Å². The summed E-state index contributed by atoms with van der Waals surface area (Å²) < 4.78 is 18.2. The van der Waals surface area contributed by atoms with E-state index >= 15 is 0 Å². The molecule has 4 nitrogen and oxygen atoms in total. The predicted molar refractivity (Wildman–Crippen MR) is 78.5 cm³/mol. The lowest BCUT2D eigenvalue weighted by Crippen LogP contribution is -2.46. The van der Waals surface area contributed by atoms with Crippen LogP contribution in [0.15, 0.2) is 24.3 Å². The van der Waals surface area contributed by atoms with Gasteiger partial charge >= 0.3 is 0 Å². The molecule has 0 heterocycles. The Kier molecular flexibility index (Phi) is 6.81. The molecule has 1 aromatic carbocycles. The van der Waals surface area contributed by atoms with E-state index in [4.69, 9.17) is 4.74 Å². The van der Waals surface area contributed by atoms with E-state index < -0.39 is 6.10 Å². The smallest absolute Gasteiger partial charge is 0.261 e. The van der Waals surface area contributed by atoms with Crippen molar-refractivity contribution in [3.8, 4) is 5.75 Å². The first-order valence-corrected chi connectivity index (χ1v) is 7.63. The van der Waals surface area contributed by atoms with E-state index in [1.54, 1.807) is 6.92 Å². The van der Waals surface area contributed by atoms with Crippen LogP contribution in [0.2, 0.25) is 0 Å². The number of amides is 1. The molecule has 1 amide bonds. The van der Waals surface area contributed by atoms with E-state index in [-0.39, 0.29) is 29.6 Å². The zero-order chi connectivity index (χ0) is 15.1. The minimum Gasteiger partial charge on any atom is -0.481 e. The molecular weight excluding hydrogens is 281 g/mol. The maximum atomic E-state index is 12.8. The highest BCUT2D eigenvalue weighted by Crippen LogP contribution is 2.14. The van der Waals surface area contributed by atoms with Crippen molar-refractivity contribution in [3.63, 3.8) is 0 Å². The van der Waals surface area contributed by atoms with Gasteiger partial charge < -0.3 is 15.2 Å². The first kappa shape index (κ1) is 16.8. The lowest BCUT2D eigenvalue weighted by Gasteiger charge is -2.23. The Morgan fingerprint density at radius 3 is 2.50 bits per heavy atom. The Labute approximate surface area is 122 Å². The van der Waals surface area contributed by atoms with Crippen LogP contribution in [0.5, 0.6) is 5.75 Å². The van der Waals surface area contributed by atoms with Crippen molar-refractivity contribution in [2.75, 3.05) is 12.9 Å². The lowest BCUT2D eigenvalue weighted by molar-refractivity contribution is -0.127. The highest BCUT2D eigenvalue weighted by atomic mass is 32.2. The number of hydrogen-bond donors (Lipinski definition) is 2. The highest BCUT2D eigenvalue weighted by molar-refractivity contribution is 7.99. The molecule has 3 atom stereocenters. The second-order valence-corrected chi connectivity index (χ2v) is 5.54. The second kappa shape index (κ2) is 8.11. The molecule has 0 aliphatic carbocycles. The molecule has 0 radical (unpaired) electrons. The zero-order valence-corrected chi connectivity index (χ0v) is 12.6. The molecule has 1 aromatic rings. The van der Waals surface area contributed by atoms with Crippen LogP contribution < -0.4 is 10.1 Å². The van der Waals surface area contributed by atoms with Crippen LogP contribution in [0.3, 0.4) is 0 Å². The monoisotopic (exact) mass is 301 g/mol. The van der Waals surface area contributed by atoms with Crippen LogP contribution >= 0.6 is 11.8 Å². The van der Waals surface area contributed by atoms with Crippen molar-refractivity contribution in [3.05, 3.63) is 30.1 Å². The van der Waals surface area contributed by atoms with Crippen LogP contribution in [0.25, 0.3) is 0 Å². The number of thioether (sulfide) groups is 1. The van der Waals surface area contributed by atoms with Gasteiger partial charge in [0.05, 0.1) is 6.61 Å². The largest absolute Gasteiger partial charge is 0.481 e. The number of rotatable bonds is 7. The van der Waals surface area contributed by atoms with Gasteiger partial charge in [-0.3, -0.25) is 4.79 Å². The summed E-state index contributed by atoms with van der Waals surface area (Å²) in [6.45, 7) is 3.45. The second-order valence-electron chi connectivity index (χ2n) is 4.47. The molecule has 2 N–H and O–H groups in total. The summed E-state index contributed by atoms with van der Waals surface area (Å²) in [6, 6.07) is 5.33. The molecule has 0 aromatic heterocycles. The van der Waals surface area contributed by atoms with Gasteiger partial charge in [0.25, 0.3) is 5.91 Å². The molecule has 0 saturated carbocycles. The third-order valence-corrected chi connectivity index (χ3v) is 4.07. The van der Waals surface area contributed by atoms with E-state index in [9.17, 15) is 14.3 Å². The topological polar surface area (TPSA) is 58.6 Å². The fraction of sp³-hybridized carbons (Fsp3) is 0.500. The summed E-state index contributed by atoms with van der Waals surface area (Å²) in [7, 11) is 0. The molecule has 0 aliphatic heterocycles. The van der Waals surface area contributed by atoms with Gasteiger partial charge in [0.15, 0.2) is 6.10 Å². The number of benzene rings is 1. The number of aliphatic hydroxyl groups excluding tert-OH is 1. The molecule has 0 spiro atoms. The summed E-state index contributed by atoms with van der Waals surface area (Å²) in [5, 5.41) is 11.9. The Bertz CT molecular complexity index is 423. The van der Waals surface area contributed by atoms with E-state index in [0.717, 1.165) is 0 Å². The average molecular weight is 301 g/mol. The van der Waals surface area contributed by atoms with Crippen LogP contribution in [-0.2, 0) is 4.79 Å². The summed E-state index contributed by atoms with van der Waals surface area (Å²) in [6.07, 6.45) is 1.19. The standard InChI is InChI=1S/C14H20FNO3S/c1-9(13(8-17)20-3)16-14(18)10(2)19-12-6-4-11(15)5-7-12/h4-7,9-10,13,17H,8H2,1-3H3,(H,16,18). The number of aliphatic hydroxyl groups is 1. The Morgan fingerprint density at radius 2 is 2.00 bits per heavy atom. The summed E-state index contributed by atoms with van der Waals surface area (Å²) in [5.41, 5.74) is 0. The molecule has 0 bridgehead atoms. The number of ether oxygens (including phenoxy) is 1. The van der Waals surface area contributed by atoms with Crippen molar-refractivity contribution in [1.82, 2.24) is 5.32 Å². The average Bonchev–Trinajstić information content (AvgIpc) is 2.42. The molecule has 0 saturated heterocycles. The van der Waals surface area contributed by atoms with Crippen molar-refractivity contribution in [1.29, 1.82) is 0 Å². The lowest BCUT2D eigenvalue weighted by atomic mass is 10.2. The maximum absolute atomic E-state index is 12.8. The van der Waals surface area contributed by atoms with Crippen LogP contribution in [0.1, 0.15) is 13.8 Å². The van der Waals surface area contributed by atoms with Gasteiger partial charge in [-0.05, 0) is 44.4 Å². The molecule has 0 fully saturated rings. The number of nitrogens with one attached hydrogen (secondary N) is 1. The number of carbonyl (C=O) groups is 1. The van der Waals surface area contributed by atoms with E-state index in [1.807, 2.05) is 13.2 Å². The summed E-state index contributed by atoms with van der Waals surface area (Å²) >= 11 is 1.49. The third-order valence-electron chi connectivity index (χ3n) is 2.91. The van der Waals surface area contributed by atoms with Gasteiger partial charge in [0, 0.05) is 11.3 Å². The predicted octanol–water partition coefficient (Wildman–Crippen LogP) is 1.82. The van der Waals surface area contributed by atoms with Crippen LogP contribution in [0, 0.1) is 5.82 Å². The Morgan fingerprint density at radius 1 is 1.40 bits per heavy atom. The zero-order valence-electron chi connectivity index (χ0n) is 11.8. The normalized spacial score (nSPS) is 15.2. The number of hydrogen-bond acceptors (Lipinski definition) is 4. The quantitative estimate of drug-likeness (QED) is 0.806. The number of halogens is 1. The highest BCUT2D eigenvalue weighted by Gasteiger charge is 2.21. The molecule has 20 heavy (non-hydrogen) atoms. The van der Waals surface area contributed by atoms with Gasteiger partial charge in [-0.25, -0.2) is 4.39 Å². The minimum absolute atomic E-state index is 0.00415. The molecular formula is C14H20FNO3S. The molecule has 0 aliphatic rings. The summed E-state index contributed by atoms with van der Waals surface area (Å²) in [4.78, 5) is 12.0. The Balaban J connectivity index is 2.52. The molecule has 112 valence electrons. The van der Waals surface area contributed by atoms with Crippen molar-refractivity contribution in [2.24, 2.45) is 0 Å². The van der Waals surface area contributed by atoms with E-state index in [0.29, 0.717) is 5.75 Å². The SMILES string of the molecule is CSC(CO)C(C)NC(=O)C(C)Oc1ccc(F)cc1. The van der Waals surface area contributed by atoms with Gasteiger partial charge in [-0.2, -0.15) is 11.8 Å². The van der Waals surface area contributed by atoms with Crippen molar-refractivity contribution >= 4 is 17.7 Å². The van der Waals surface area contributed by atoms with Crippen molar-refractivity contribution in [2.45, 2.75) is 31.2 Å². The molecule has 3 unspecified atom stereocenters. The van der Waals surface area contributed by atoms with Gasteiger partial charge in [0.1, 0.15) is 11.6 Å². The molecule has 6 heteroatoms. The summed E-state index contributed by atoms with van der Waals surface area (Å²) in [5.74, 6) is -0.187. The Hall–Kier alpha value is -1.27. The van der Waals surface area contributed by atoms with Crippen LogP contribution in [0.4, 0.5) is 4.39 Å². The first-order chi connectivity index (χ1) is 9.47. The first-order valence-electron chi connectivity index (χ1n) is 6.34. The maximum Gasteiger partial charge on any atom is 0.261 e. The fourth-order valence-electron chi connectivity index (χ4n) is 1.64. The van der Waals surface area contributed by atoms with E-state index in [2.05, 4.69) is 5.32 Å². The van der Waals surface area contributed by atoms with Gasteiger partial charge in [-0.15, -0.1) is 0 Å². The van der Waals surface area contributed by atoms with E-state index in [1.165, 1.54) is 36.0 Å². The number of carbonyl (C=O) groups excluding carboxylic acids is 1. The third kappa shape index (κ3) is 5.02. The van der Waals surface area contributed by atoms with Gasteiger partial charge in [0.2, 0.25) is 0 Å². The minimum atomic E-state index is -0.691. The molecule has 1 rings (SSSR count).